The van der Waals surface area contributed by atoms with Gasteiger partial charge in [0.1, 0.15) is 23.3 Å². The van der Waals surface area contributed by atoms with Crippen molar-refractivity contribution < 1.29 is 13.3 Å². The summed E-state index contributed by atoms with van der Waals surface area (Å²) in [5, 5.41) is 4.58. The van der Waals surface area contributed by atoms with Crippen LogP contribution in [0.3, 0.4) is 0 Å². The van der Waals surface area contributed by atoms with Gasteiger partial charge in [-0.1, -0.05) is 48.4 Å². The Labute approximate surface area is 226 Å². The van der Waals surface area contributed by atoms with Gasteiger partial charge >= 0.3 is 0 Å². The SMILES string of the molecule is O=S(NCCOc1ccc2c(c1)C(C1(c3ccc(Cl)cc3)CCC1)NCC2)c1ccc(CCCF)cc1. The summed E-state index contributed by atoms with van der Waals surface area (Å²) in [5.74, 6) is 0.836. The van der Waals surface area contributed by atoms with Crippen LogP contribution in [-0.4, -0.2) is 30.6 Å². The molecule has 0 amide bonds. The van der Waals surface area contributed by atoms with Gasteiger partial charge in [-0.05, 0) is 97.3 Å². The highest BCUT2D eigenvalue weighted by molar-refractivity contribution is 7.83. The van der Waals surface area contributed by atoms with Crippen LogP contribution in [0, 0.1) is 0 Å². The van der Waals surface area contributed by atoms with Gasteiger partial charge in [-0.2, -0.15) is 0 Å². The van der Waals surface area contributed by atoms with Crippen molar-refractivity contribution in [2.24, 2.45) is 0 Å². The van der Waals surface area contributed by atoms with Crippen molar-refractivity contribution in [2.45, 2.75) is 54.9 Å². The molecule has 0 spiro atoms. The molecule has 0 saturated heterocycles. The Morgan fingerprint density at radius 2 is 1.86 bits per heavy atom. The average molecular weight is 541 g/mol. The van der Waals surface area contributed by atoms with Crippen molar-refractivity contribution in [3.63, 3.8) is 0 Å². The first-order chi connectivity index (χ1) is 18.1. The van der Waals surface area contributed by atoms with Crippen molar-refractivity contribution in [3.8, 4) is 5.75 Å². The molecule has 4 nitrogen and oxygen atoms in total. The van der Waals surface area contributed by atoms with Crippen molar-refractivity contribution >= 4 is 22.6 Å². The van der Waals surface area contributed by atoms with Gasteiger partial charge in [0.05, 0.1) is 11.6 Å². The highest BCUT2D eigenvalue weighted by atomic mass is 35.5. The largest absolute Gasteiger partial charge is 0.492 e. The van der Waals surface area contributed by atoms with Gasteiger partial charge in [0.15, 0.2) is 0 Å². The van der Waals surface area contributed by atoms with E-state index in [4.69, 9.17) is 16.3 Å². The van der Waals surface area contributed by atoms with Crippen LogP contribution in [0.2, 0.25) is 5.02 Å². The molecule has 37 heavy (non-hydrogen) atoms. The van der Waals surface area contributed by atoms with Crippen molar-refractivity contribution in [2.75, 3.05) is 26.4 Å². The molecule has 2 N–H and O–H groups in total. The Kier molecular flexibility index (Phi) is 8.60. The number of aryl methyl sites for hydroxylation is 1. The van der Waals surface area contributed by atoms with Crippen molar-refractivity contribution in [3.05, 3.63) is 94.0 Å². The third-order valence-corrected chi connectivity index (χ3v) is 9.15. The van der Waals surface area contributed by atoms with Crippen LogP contribution in [-0.2, 0) is 29.2 Å². The monoisotopic (exact) mass is 540 g/mol. The fraction of sp³-hybridized carbons (Fsp3) is 0.400. The summed E-state index contributed by atoms with van der Waals surface area (Å²) >= 11 is 6.18. The highest BCUT2D eigenvalue weighted by Gasteiger charge is 2.47. The number of benzene rings is 3. The van der Waals surface area contributed by atoms with E-state index < -0.39 is 11.0 Å². The van der Waals surface area contributed by atoms with E-state index in [9.17, 15) is 8.60 Å². The summed E-state index contributed by atoms with van der Waals surface area (Å²) in [6.07, 6.45) is 5.76. The number of hydrogen-bond acceptors (Lipinski definition) is 3. The van der Waals surface area contributed by atoms with Crippen molar-refractivity contribution in [1.29, 1.82) is 0 Å². The number of hydrogen-bond donors (Lipinski definition) is 2. The van der Waals surface area contributed by atoms with E-state index in [1.165, 1.54) is 23.1 Å². The van der Waals surface area contributed by atoms with E-state index >= 15 is 0 Å². The van der Waals surface area contributed by atoms with E-state index in [0.29, 0.717) is 30.9 Å². The Hall–Kier alpha value is -2.25. The lowest BCUT2D eigenvalue weighted by molar-refractivity contribution is 0.164. The fourth-order valence-corrected chi connectivity index (χ4v) is 6.58. The van der Waals surface area contributed by atoms with E-state index in [2.05, 4.69) is 34.3 Å². The van der Waals surface area contributed by atoms with E-state index in [1.54, 1.807) is 0 Å². The van der Waals surface area contributed by atoms with Crippen LogP contribution in [0.25, 0.3) is 0 Å². The normalized spacial score (nSPS) is 19.0. The van der Waals surface area contributed by atoms with Gasteiger partial charge in [-0.3, -0.25) is 4.39 Å². The Morgan fingerprint density at radius 3 is 2.57 bits per heavy atom. The molecule has 2 unspecified atom stereocenters. The number of nitrogens with one attached hydrogen (secondary N) is 2. The maximum absolute atomic E-state index is 12.6. The number of alkyl halides is 1. The third-order valence-electron chi connectivity index (χ3n) is 7.73. The fourth-order valence-electron chi connectivity index (χ4n) is 5.63. The van der Waals surface area contributed by atoms with Crippen LogP contribution >= 0.6 is 11.6 Å². The first kappa shape index (κ1) is 26.4. The number of rotatable bonds is 11. The molecular weight excluding hydrogens is 507 g/mol. The van der Waals surface area contributed by atoms with Gasteiger partial charge in [-0.25, -0.2) is 8.93 Å². The average Bonchev–Trinajstić information content (AvgIpc) is 2.90. The lowest BCUT2D eigenvalue weighted by atomic mass is 9.58. The molecule has 5 rings (SSSR count). The predicted molar refractivity (Wildman–Crippen MR) is 149 cm³/mol. The maximum Gasteiger partial charge on any atom is 0.124 e. The Bertz CT molecular complexity index is 1220. The lowest BCUT2D eigenvalue weighted by Crippen LogP contribution is -2.49. The molecule has 3 aromatic carbocycles. The summed E-state index contributed by atoms with van der Waals surface area (Å²) in [6.45, 7) is 1.53. The predicted octanol–water partition coefficient (Wildman–Crippen LogP) is 6.24. The van der Waals surface area contributed by atoms with Crippen LogP contribution in [0.1, 0.15) is 54.0 Å². The summed E-state index contributed by atoms with van der Waals surface area (Å²) in [6, 6.07) is 22.5. The lowest BCUT2D eigenvalue weighted by Gasteiger charge is -2.50. The molecule has 1 fully saturated rings. The molecule has 7 heteroatoms. The standard InChI is InChI=1S/C30H34ClFN2O2S/c31-25-9-7-24(8-10-25)30(15-2-16-30)29-28-21-26(11-6-23(28)14-18-33-29)36-20-19-34-37(35)27-12-4-22(5-13-27)3-1-17-32/h4-13,21,29,33-34H,1-3,14-20H2. The second-order valence-electron chi connectivity index (χ2n) is 9.96. The topological polar surface area (TPSA) is 50.4 Å². The van der Waals surface area contributed by atoms with E-state index in [0.717, 1.165) is 42.1 Å². The first-order valence-corrected chi connectivity index (χ1v) is 14.7. The zero-order valence-electron chi connectivity index (χ0n) is 21.0. The van der Waals surface area contributed by atoms with Gasteiger partial charge in [0, 0.05) is 23.0 Å². The Balaban J connectivity index is 1.21. The maximum atomic E-state index is 12.6. The number of ether oxygens (including phenoxy) is 1. The Morgan fingerprint density at radius 1 is 1.08 bits per heavy atom. The van der Waals surface area contributed by atoms with E-state index in [1.807, 2.05) is 42.5 Å². The zero-order chi connectivity index (χ0) is 25.7. The van der Waals surface area contributed by atoms with Gasteiger partial charge in [0.2, 0.25) is 0 Å². The minimum atomic E-state index is -1.31. The molecule has 1 heterocycles. The molecular formula is C30H34ClFN2O2S. The first-order valence-electron chi connectivity index (χ1n) is 13.1. The third kappa shape index (κ3) is 5.93. The summed E-state index contributed by atoms with van der Waals surface area (Å²) in [4.78, 5) is 0.708. The van der Waals surface area contributed by atoms with Crippen LogP contribution in [0.15, 0.2) is 71.6 Å². The van der Waals surface area contributed by atoms with Crippen LogP contribution in [0.5, 0.6) is 5.75 Å². The second-order valence-corrected chi connectivity index (χ2v) is 11.7. The smallest absolute Gasteiger partial charge is 0.124 e. The van der Waals surface area contributed by atoms with E-state index in [-0.39, 0.29) is 18.1 Å². The highest BCUT2D eigenvalue weighted by Crippen LogP contribution is 2.53. The zero-order valence-corrected chi connectivity index (χ0v) is 22.6. The molecule has 3 aromatic rings. The molecule has 1 aliphatic carbocycles. The molecule has 2 aliphatic rings. The number of fused-ring (bicyclic) bond motifs is 1. The van der Waals surface area contributed by atoms with Gasteiger partial charge in [0.25, 0.3) is 0 Å². The van der Waals surface area contributed by atoms with Gasteiger partial charge < -0.3 is 10.1 Å². The molecule has 1 aliphatic heterocycles. The quantitative estimate of drug-likeness (QED) is 0.283. The van der Waals surface area contributed by atoms with Gasteiger partial charge in [-0.15, -0.1) is 0 Å². The van der Waals surface area contributed by atoms with Crippen LogP contribution in [0.4, 0.5) is 4.39 Å². The summed E-state index contributed by atoms with van der Waals surface area (Å²) in [5.41, 5.74) is 5.19. The molecule has 1 saturated carbocycles. The number of halogens is 2. The molecule has 2 atom stereocenters. The van der Waals surface area contributed by atoms with Crippen LogP contribution < -0.4 is 14.8 Å². The summed E-state index contributed by atoms with van der Waals surface area (Å²) in [7, 11) is -1.31. The van der Waals surface area contributed by atoms with Crippen molar-refractivity contribution in [1.82, 2.24) is 10.0 Å². The minimum absolute atomic E-state index is 0.0816. The molecule has 196 valence electrons. The second kappa shape index (κ2) is 12.1. The molecule has 0 bridgehead atoms. The minimum Gasteiger partial charge on any atom is -0.492 e. The molecule has 0 radical (unpaired) electrons. The summed E-state index contributed by atoms with van der Waals surface area (Å²) < 4.78 is 34.1. The molecule has 0 aromatic heterocycles.